The van der Waals surface area contributed by atoms with Gasteiger partial charge in [0.15, 0.2) is 5.82 Å². The number of hydrogen-bond donors (Lipinski definition) is 0. The summed E-state index contributed by atoms with van der Waals surface area (Å²) in [7, 11) is 3.62. The van der Waals surface area contributed by atoms with Crippen molar-refractivity contribution in [1.82, 2.24) is 19.1 Å². The highest BCUT2D eigenvalue weighted by Gasteiger charge is 2.13. The van der Waals surface area contributed by atoms with E-state index in [0.717, 1.165) is 61.4 Å². The number of imidazole rings is 1. The molecule has 0 saturated heterocycles. The van der Waals surface area contributed by atoms with Gasteiger partial charge in [-0.15, -0.1) is 0 Å². The molecule has 5 aromatic carbocycles. The lowest BCUT2D eigenvalue weighted by Gasteiger charge is -2.11. The van der Waals surface area contributed by atoms with Crippen molar-refractivity contribution >= 4 is 11.0 Å². The molecule has 0 unspecified atom stereocenters. The van der Waals surface area contributed by atoms with Gasteiger partial charge in [-0.1, -0.05) is 103 Å². The molecule has 0 fully saturated rings. The predicted molar refractivity (Wildman–Crippen MR) is 171 cm³/mol. The van der Waals surface area contributed by atoms with Gasteiger partial charge >= 0.3 is 5.69 Å². The molecule has 0 saturated carbocycles. The topological polar surface area (TPSA) is 52.7 Å². The molecular weight excluding hydrogens is 516 g/mol. The molecule has 2 heterocycles. The summed E-state index contributed by atoms with van der Waals surface area (Å²) in [5.41, 5.74) is 11.0. The molecular formula is C37H28N4O. The van der Waals surface area contributed by atoms with E-state index in [9.17, 15) is 4.79 Å². The molecule has 5 nitrogen and oxygen atoms in total. The molecule has 0 amide bonds. The molecule has 0 aliphatic carbocycles. The first kappa shape index (κ1) is 25.4. The van der Waals surface area contributed by atoms with E-state index in [1.165, 1.54) is 0 Å². The first-order valence-electron chi connectivity index (χ1n) is 13.9. The third-order valence-electron chi connectivity index (χ3n) is 7.79. The smallest absolute Gasteiger partial charge is 0.295 e. The third kappa shape index (κ3) is 4.61. The average molecular weight is 545 g/mol. The fraction of sp³-hybridized carbons (Fsp3) is 0.0541. The maximum Gasteiger partial charge on any atom is 0.328 e. The molecule has 7 rings (SSSR count). The summed E-state index contributed by atoms with van der Waals surface area (Å²) in [4.78, 5) is 22.4. The van der Waals surface area contributed by atoms with Crippen LogP contribution in [0, 0.1) is 0 Å². The Morgan fingerprint density at radius 1 is 0.429 bits per heavy atom. The van der Waals surface area contributed by atoms with Crippen LogP contribution in [0.2, 0.25) is 0 Å². The molecule has 2 aromatic heterocycles. The molecule has 0 aliphatic heterocycles. The normalized spacial score (nSPS) is 11.2. The first-order chi connectivity index (χ1) is 20.5. The van der Waals surface area contributed by atoms with Crippen molar-refractivity contribution < 1.29 is 0 Å². The highest BCUT2D eigenvalue weighted by Crippen LogP contribution is 2.32. The lowest BCUT2D eigenvalue weighted by molar-refractivity contribution is 0.795. The summed E-state index contributed by atoms with van der Waals surface area (Å²) in [5, 5.41) is 0. The van der Waals surface area contributed by atoms with E-state index in [1.54, 1.807) is 16.2 Å². The van der Waals surface area contributed by atoms with Crippen LogP contribution in [0.3, 0.4) is 0 Å². The van der Waals surface area contributed by atoms with E-state index in [0.29, 0.717) is 5.82 Å². The van der Waals surface area contributed by atoms with Gasteiger partial charge in [0, 0.05) is 30.8 Å². The molecule has 7 aromatic rings. The second-order valence-electron chi connectivity index (χ2n) is 10.5. The minimum Gasteiger partial charge on any atom is -0.295 e. The van der Waals surface area contributed by atoms with Gasteiger partial charge in [0.1, 0.15) is 0 Å². The van der Waals surface area contributed by atoms with Gasteiger partial charge in [0.2, 0.25) is 0 Å². The molecule has 0 bridgehead atoms. The Balaban J connectivity index is 1.30. The van der Waals surface area contributed by atoms with Crippen molar-refractivity contribution in [3.05, 3.63) is 144 Å². The number of nitrogens with zero attached hydrogens (tertiary/aromatic N) is 4. The van der Waals surface area contributed by atoms with Crippen molar-refractivity contribution in [1.29, 1.82) is 0 Å². The van der Waals surface area contributed by atoms with E-state index in [1.807, 2.05) is 61.6 Å². The number of fused-ring (bicyclic) bond motifs is 1. The average Bonchev–Trinajstić information content (AvgIpc) is 3.28. The Bertz CT molecular complexity index is 2070. The van der Waals surface area contributed by atoms with Crippen molar-refractivity contribution in [2.45, 2.75) is 0 Å². The summed E-state index contributed by atoms with van der Waals surface area (Å²) in [6.07, 6.45) is 0. The Morgan fingerprint density at radius 3 is 1.55 bits per heavy atom. The molecule has 0 atom stereocenters. The van der Waals surface area contributed by atoms with E-state index in [4.69, 9.17) is 9.97 Å². The second kappa shape index (κ2) is 10.5. The zero-order chi connectivity index (χ0) is 28.6. The van der Waals surface area contributed by atoms with E-state index in [2.05, 4.69) is 78.9 Å². The van der Waals surface area contributed by atoms with Crippen LogP contribution in [-0.4, -0.2) is 19.1 Å². The number of benzene rings is 5. The van der Waals surface area contributed by atoms with E-state index < -0.39 is 0 Å². The Hall–Kier alpha value is -5.55. The van der Waals surface area contributed by atoms with Crippen LogP contribution in [0.25, 0.3) is 67.2 Å². The van der Waals surface area contributed by atoms with Gasteiger partial charge in [-0.3, -0.25) is 9.13 Å². The molecule has 5 heteroatoms. The van der Waals surface area contributed by atoms with E-state index in [-0.39, 0.29) is 5.69 Å². The Kier molecular flexibility index (Phi) is 6.32. The summed E-state index contributed by atoms with van der Waals surface area (Å²) < 4.78 is 3.38. The van der Waals surface area contributed by atoms with Crippen LogP contribution >= 0.6 is 0 Å². The van der Waals surface area contributed by atoms with Crippen molar-refractivity contribution in [2.75, 3.05) is 0 Å². The summed E-state index contributed by atoms with van der Waals surface area (Å²) >= 11 is 0. The zero-order valence-electron chi connectivity index (χ0n) is 23.4. The first-order valence-corrected chi connectivity index (χ1v) is 13.9. The van der Waals surface area contributed by atoms with Crippen molar-refractivity contribution in [3.63, 3.8) is 0 Å². The van der Waals surface area contributed by atoms with Gasteiger partial charge in [0.25, 0.3) is 0 Å². The van der Waals surface area contributed by atoms with Crippen molar-refractivity contribution in [3.8, 4) is 56.2 Å². The molecule has 0 N–H and O–H groups in total. The van der Waals surface area contributed by atoms with Gasteiger partial charge in [0.05, 0.1) is 22.4 Å². The summed E-state index contributed by atoms with van der Waals surface area (Å²) in [5.74, 6) is 0.699. The molecule has 0 spiro atoms. The maximum absolute atomic E-state index is 12.4. The number of aryl methyl sites for hydroxylation is 2. The highest BCUT2D eigenvalue weighted by atomic mass is 16.1. The largest absolute Gasteiger partial charge is 0.328 e. The van der Waals surface area contributed by atoms with Crippen LogP contribution in [0.5, 0.6) is 0 Å². The van der Waals surface area contributed by atoms with Gasteiger partial charge < -0.3 is 0 Å². The van der Waals surface area contributed by atoms with E-state index >= 15 is 0 Å². The lowest BCUT2D eigenvalue weighted by atomic mass is 9.97. The van der Waals surface area contributed by atoms with Crippen LogP contribution in [-0.2, 0) is 14.1 Å². The number of hydrogen-bond acceptors (Lipinski definition) is 3. The maximum atomic E-state index is 12.4. The van der Waals surface area contributed by atoms with Crippen LogP contribution in [0.4, 0.5) is 0 Å². The Labute approximate surface area is 244 Å². The summed E-state index contributed by atoms with van der Waals surface area (Å²) in [6, 6.07) is 45.6. The quantitative estimate of drug-likeness (QED) is 0.221. The van der Waals surface area contributed by atoms with Crippen LogP contribution in [0.15, 0.2) is 138 Å². The minimum absolute atomic E-state index is 0.0247. The highest BCUT2D eigenvalue weighted by molar-refractivity contribution is 5.84. The standard InChI is InChI=1S/C37H28N4O/c1-40-34-20-19-30(23-35(34)41(2)37(40)42)28-16-9-15-27(21-28)29-17-10-18-31(22-29)33-24-32(25-11-5-3-6-12-25)38-36(39-33)26-13-7-4-8-14-26/h3-24H,1-2H3. The monoisotopic (exact) mass is 544 g/mol. The number of aromatic nitrogens is 4. The minimum atomic E-state index is -0.0247. The Morgan fingerprint density at radius 2 is 0.905 bits per heavy atom. The van der Waals surface area contributed by atoms with Gasteiger partial charge in [-0.2, -0.15) is 0 Å². The van der Waals surface area contributed by atoms with Gasteiger partial charge in [-0.05, 0) is 52.6 Å². The van der Waals surface area contributed by atoms with Crippen LogP contribution < -0.4 is 5.69 Å². The summed E-state index contributed by atoms with van der Waals surface area (Å²) in [6.45, 7) is 0. The fourth-order valence-electron chi connectivity index (χ4n) is 5.49. The van der Waals surface area contributed by atoms with Crippen molar-refractivity contribution in [2.24, 2.45) is 14.1 Å². The third-order valence-corrected chi connectivity index (χ3v) is 7.79. The van der Waals surface area contributed by atoms with Crippen LogP contribution in [0.1, 0.15) is 0 Å². The molecule has 202 valence electrons. The zero-order valence-corrected chi connectivity index (χ0v) is 23.4. The fourth-order valence-corrected chi connectivity index (χ4v) is 5.49. The van der Waals surface area contributed by atoms with Gasteiger partial charge in [-0.25, -0.2) is 14.8 Å². The molecule has 42 heavy (non-hydrogen) atoms. The SMILES string of the molecule is Cn1c(=O)n(C)c2cc(-c3cccc(-c4cccc(-c5cc(-c6ccccc6)nc(-c6ccccc6)n5)c4)c3)ccc21. The number of rotatable bonds is 5. The second-order valence-corrected chi connectivity index (χ2v) is 10.5. The molecule has 0 aliphatic rings. The predicted octanol–water partition coefficient (Wildman–Crippen LogP) is 8.00. The molecule has 0 radical (unpaired) electrons. The lowest BCUT2D eigenvalue weighted by Crippen LogP contribution is -2.19.